The maximum atomic E-state index is 10.9. The van der Waals surface area contributed by atoms with E-state index in [4.69, 9.17) is 10.2 Å². The molecular weight excluding hydrogens is 280 g/mol. The van der Waals surface area contributed by atoms with Gasteiger partial charge in [-0.3, -0.25) is 0 Å². The molecule has 0 radical (unpaired) electrons. The third-order valence-corrected chi connectivity index (χ3v) is 2.85. The first-order valence-corrected chi connectivity index (χ1v) is 7.18. The summed E-state index contributed by atoms with van der Waals surface area (Å²) in [6.07, 6.45) is 2.43. The summed E-state index contributed by atoms with van der Waals surface area (Å²) in [7, 11) is 2.42. The van der Waals surface area contributed by atoms with Gasteiger partial charge < -0.3 is 19.7 Å². The van der Waals surface area contributed by atoms with E-state index < -0.39 is 11.9 Å². The van der Waals surface area contributed by atoms with E-state index >= 15 is 0 Å². The topological polar surface area (TPSA) is 93.1 Å². The number of esters is 2. The van der Waals surface area contributed by atoms with E-state index in [2.05, 4.69) is 9.47 Å². The Morgan fingerprint density at radius 1 is 0.889 bits per heavy atom. The first kappa shape index (κ1) is 17.0. The van der Waals surface area contributed by atoms with Crippen molar-refractivity contribution in [2.45, 2.75) is 0 Å². The average molecular weight is 294 g/mol. The molecule has 0 bridgehead atoms. The molecule has 0 saturated heterocycles. The molecule has 18 heavy (non-hydrogen) atoms. The van der Waals surface area contributed by atoms with Crippen LogP contribution in [0, 0.1) is 0 Å². The van der Waals surface area contributed by atoms with Crippen molar-refractivity contribution in [1.82, 2.24) is 0 Å². The van der Waals surface area contributed by atoms with E-state index in [1.807, 2.05) is 0 Å². The third-order valence-electron chi connectivity index (χ3n) is 1.25. The van der Waals surface area contributed by atoms with Gasteiger partial charge in [0.1, 0.15) is 13.2 Å². The minimum absolute atomic E-state index is 0.0302. The molecule has 0 aromatic rings. The quantitative estimate of drug-likeness (QED) is 0.274. The first-order valence-electron chi connectivity index (χ1n) is 4.91. The highest BCUT2D eigenvalue weighted by atomic mass is 33.1. The summed E-state index contributed by atoms with van der Waals surface area (Å²) in [5.74, 6) is -1.08. The molecule has 0 aliphatic carbocycles. The zero-order valence-electron chi connectivity index (χ0n) is 9.48. The largest absolute Gasteiger partial charge is 0.460 e. The first-order chi connectivity index (χ1) is 8.70. The zero-order chi connectivity index (χ0) is 13.6. The van der Waals surface area contributed by atoms with Crippen molar-refractivity contribution in [3.63, 3.8) is 0 Å². The Kier molecular flexibility index (Phi) is 11.8. The fraction of sp³-hybridized carbons (Fsp3) is 0.400. The molecule has 0 fully saturated rings. The van der Waals surface area contributed by atoms with Crippen molar-refractivity contribution in [2.24, 2.45) is 0 Å². The van der Waals surface area contributed by atoms with Gasteiger partial charge in [0.15, 0.2) is 0 Å². The summed E-state index contributed by atoms with van der Waals surface area (Å²) in [6, 6.07) is 0. The molecule has 0 unspecified atom stereocenters. The van der Waals surface area contributed by atoms with Gasteiger partial charge in [-0.1, -0.05) is 21.6 Å². The average Bonchev–Trinajstić information content (AvgIpc) is 2.37. The van der Waals surface area contributed by atoms with Crippen molar-refractivity contribution in [3.05, 3.63) is 23.0 Å². The van der Waals surface area contributed by atoms with Gasteiger partial charge in [-0.15, -0.1) is 0 Å². The van der Waals surface area contributed by atoms with Gasteiger partial charge in [0.05, 0.1) is 13.2 Å². The number of aliphatic hydroxyl groups is 2. The standard InChI is InChI=1S/C10H14O6S2/c11-3-5-15-9(13)1-7-17-18-8-2-10(14)16-6-4-12/h1-2,7-8,11-12H,3-6H2. The van der Waals surface area contributed by atoms with Crippen LogP contribution in [0.1, 0.15) is 0 Å². The Bertz CT molecular complexity index is 273. The van der Waals surface area contributed by atoms with E-state index in [9.17, 15) is 9.59 Å². The molecule has 2 N–H and O–H groups in total. The van der Waals surface area contributed by atoms with Crippen LogP contribution in [-0.4, -0.2) is 48.6 Å². The van der Waals surface area contributed by atoms with Gasteiger partial charge in [-0.25, -0.2) is 9.59 Å². The highest BCUT2D eigenvalue weighted by molar-refractivity contribution is 8.78. The molecule has 0 aromatic heterocycles. The molecule has 0 spiro atoms. The van der Waals surface area contributed by atoms with Gasteiger partial charge >= 0.3 is 11.9 Å². The van der Waals surface area contributed by atoms with Gasteiger partial charge in [0.25, 0.3) is 0 Å². The molecule has 0 aliphatic heterocycles. The van der Waals surface area contributed by atoms with Gasteiger partial charge in [0.2, 0.25) is 0 Å². The Morgan fingerprint density at radius 2 is 1.28 bits per heavy atom. The number of aliphatic hydroxyl groups excluding tert-OH is 2. The minimum atomic E-state index is -0.538. The predicted molar refractivity (Wildman–Crippen MR) is 69.6 cm³/mol. The zero-order valence-corrected chi connectivity index (χ0v) is 11.1. The summed E-state index contributed by atoms with van der Waals surface area (Å²) in [4.78, 5) is 21.8. The summed E-state index contributed by atoms with van der Waals surface area (Å²) >= 11 is 0. The lowest BCUT2D eigenvalue weighted by Crippen LogP contribution is -2.04. The van der Waals surface area contributed by atoms with Crippen molar-refractivity contribution in [1.29, 1.82) is 0 Å². The molecule has 0 rings (SSSR count). The molecule has 0 aliphatic rings. The van der Waals surface area contributed by atoms with Crippen molar-refractivity contribution in [3.8, 4) is 0 Å². The van der Waals surface area contributed by atoms with E-state index in [1.54, 1.807) is 0 Å². The number of ether oxygens (including phenoxy) is 2. The molecule has 0 aromatic carbocycles. The molecule has 0 heterocycles. The normalized spacial score (nSPS) is 11.0. The summed E-state index contributed by atoms with van der Waals surface area (Å²) in [5.41, 5.74) is 0. The van der Waals surface area contributed by atoms with Crippen molar-refractivity contribution < 1.29 is 29.3 Å². The molecule has 8 heteroatoms. The number of carbonyl (C=O) groups is 2. The number of rotatable bonds is 9. The van der Waals surface area contributed by atoms with Crippen LogP contribution in [0.15, 0.2) is 23.0 Å². The smallest absolute Gasteiger partial charge is 0.331 e. The number of carbonyl (C=O) groups excluding carboxylic acids is 2. The van der Waals surface area contributed by atoms with Crippen LogP contribution in [0.2, 0.25) is 0 Å². The van der Waals surface area contributed by atoms with Gasteiger partial charge in [0, 0.05) is 12.2 Å². The summed E-state index contributed by atoms with van der Waals surface area (Å²) < 4.78 is 9.13. The van der Waals surface area contributed by atoms with Crippen LogP contribution in [0.25, 0.3) is 0 Å². The van der Waals surface area contributed by atoms with E-state index in [-0.39, 0.29) is 26.4 Å². The fourth-order valence-electron chi connectivity index (χ4n) is 0.620. The molecular formula is C10H14O6S2. The van der Waals surface area contributed by atoms with E-state index in [1.165, 1.54) is 44.6 Å². The van der Waals surface area contributed by atoms with Crippen LogP contribution in [0.5, 0.6) is 0 Å². The second-order valence-corrected chi connectivity index (χ2v) is 4.66. The molecule has 0 atom stereocenters. The summed E-state index contributed by atoms with van der Waals surface area (Å²) in [6.45, 7) is -0.477. The Balaban J connectivity index is 3.59. The van der Waals surface area contributed by atoms with Crippen LogP contribution >= 0.6 is 21.6 Å². The SMILES string of the molecule is O=C(C=CSSC=CC(=O)OCCO)OCCO. The maximum absolute atomic E-state index is 10.9. The highest BCUT2D eigenvalue weighted by Crippen LogP contribution is 2.23. The van der Waals surface area contributed by atoms with Gasteiger partial charge in [-0.2, -0.15) is 0 Å². The van der Waals surface area contributed by atoms with Crippen molar-refractivity contribution >= 4 is 33.5 Å². The summed E-state index contributed by atoms with van der Waals surface area (Å²) in [5, 5.41) is 19.8. The van der Waals surface area contributed by atoms with Crippen LogP contribution in [-0.2, 0) is 19.1 Å². The Morgan fingerprint density at radius 3 is 1.61 bits per heavy atom. The lowest BCUT2D eigenvalue weighted by atomic mass is 10.6. The second-order valence-electron chi connectivity index (χ2n) is 2.58. The van der Waals surface area contributed by atoms with Crippen LogP contribution in [0.4, 0.5) is 0 Å². The predicted octanol–water partition coefficient (Wildman–Crippen LogP) is 0.466. The lowest BCUT2D eigenvalue weighted by molar-refractivity contribution is -0.139. The Hall–Kier alpha value is -0.960. The van der Waals surface area contributed by atoms with Crippen LogP contribution < -0.4 is 0 Å². The molecule has 6 nitrogen and oxygen atoms in total. The van der Waals surface area contributed by atoms with Crippen molar-refractivity contribution in [2.75, 3.05) is 26.4 Å². The minimum Gasteiger partial charge on any atom is -0.460 e. The Labute approximate surface area is 112 Å². The molecule has 102 valence electrons. The van der Waals surface area contributed by atoms with Gasteiger partial charge in [-0.05, 0) is 10.8 Å². The molecule has 0 saturated carbocycles. The maximum Gasteiger partial charge on any atom is 0.331 e. The number of hydrogen-bond acceptors (Lipinski definition) is 8. The third kappa shape index (κ3) is 11.5. The molecule has 0 amide bonds. The van der Waals surface area contributed by atoms with E-state index in [0.29, 0.717) is 0 Å². The number of hydrogen-bond donors (Lipinski definition) is 2. The monoisotopic (exact) mass is 294 g/mol. The highest BCUT2D eigenvalue weighted by Gasteiger charge is 1.95. The lowest BCUT2D eigenvalue weighted by Gasteiger charge is -1.96. The second kappa shape index (κ2) is 12.5. The fourth-order valence-corrected chi connectivity index (χ4v) is 1.80. The van der Waals surface area contributed by atoms with E-state index in [0.717, 1.165) is 0 Å². The van der Waals surface area contributed by atoms with Crippen LogP contribution in [0.3, 0.4) is 0 Å².